The van der Waals surface area contributed by atoms with E-state index in [1.165, 1.54) is 32.4 Å². The second kappa shape index (κ2) is 10.9. The Morgan fingerprint density at radius 2 is 1.62 bits per heavy atom. The molecule has 0 heterocycles. The predicted octanol–water partition coefficient (Wildman–Crippen LogP) is 2.78. The van der Waals surface area contributed by atoms with E-state index in [2.05, 4.69) is 15.4 Å². The van der Waals surface area contributed by atoms with Gasteiger partial charge in [-0.05, 0) is 45.0 Å². The molecule has 170 valence electrons. The van der Waals surface area contributed by atoms with Gasteiger partial charge in [0.25, 0.3) is 0 Å². The summed E-state index contributed by atoms with van der Waals surface area (Å²) in [5.41, 5.74) is 1.70. The first-order chi connectivity index (χ1) is 15.2. The summed E-state index contributed by atoms with van der Waals surface area (Å²) in [5.74, 6) is -2.76. The van der Waals surface area contributed by atoms with Crippen molar-refractivity contribution in [3.63, 3.8) is 0 Å². The molecule has 0 bridgehead atoms. The molecule has 0 saturated carbocycles. The van der Waals surface area contributed by atoms with Crippen molar-refractivity contribution in [3.8, 4) is 5.75 Å². The van der Waals surface area contributed by atoms with Crippen molar-refractivity contribution in [2.24, 2.45) is 0 Å². The van der Waals surface area contributed by atoms with Crippen LogP contribution in [0.25, 0.3) is 0 Å². The largest absolute Gasteiger partial charge is 0.494 e. The number of carbonyl (C=O) groups excluding carboxylic acids is 4. The Morgan fingerprint density at radius 1 is 0.938 bits per heavy atom. The summed E-state index contributed by atoms with van der Waals surface area (Å²) in [4.78, 5) is 48.9. The molecule has 0 spiro atoms. The Hall–Kier alpha value is -3.88. The highest BCUT2D eigenvalue weighted by molar-refractivity contribution is 6.40. The number of methoxy groups -OCH3 is 2. The summed E-state index contributed by atoms with van der Waals surface area (Å²) in [6, 6.07) is 8.91. The third kappa shape index (κ3) is 5.84. The lowest BCUT2D eigenvalue weighted by Crippen LogP contribution is -2.37. The average Bonchev–Trinajstić information content (AvgIpc) is 2.79. The van der Waals surface area contributed by atoms with Gasteiger partial charge in [0.05, 0.1) is 43.7 Å². The van der Waals surface area contributed by atoms with Crippen LogP contribution in [0.15, 0.2) is 36.4 Å². The van der Waals surface area contributed by atoms with Gasteiger partial charge in [0, 0.05) is 5.56 Å². The Kier molecular flexibility index (Phi) is 8.34. The second-order valence-electron chi connectivity index (χ2n) is 6.87. The van der Waals surface area contributed by atoms with Crippen molar-refractivity contribution in [2.45, 2.75) is 26.8 Å². The van der Waals surface area contributed by atoms with E-state index in [-0.39, 0.29) is 16.8 Å². The number of esters is 2. The van der Waals surface area contributed by atoms with E-state index in [0.717, 1.165) is 11.1 Å². The molecule has 0 aliphatic heterocycles. The van der Waals surface area contributed by atoms with E-state index >= 15 is 0 Å². The van der Waals surface area contributed by atoms with Gasteiger partial charge in [0.1, 0.15) is 5.75 Å². The second-order valence-corrected chi connectivity index (χ2v) is 6.87. The van der Waals surface area contributed by atoms with Gasteiger partial charge >= 0.3 is 23.8 Å². The van der Waals surface area contributed by atoms with Crippen LogP contribution in [0.1, 0.15) is 51.7 Å². The van der Waals surface area contributed by atoms with Crippen molar-refractivity contribution < 1.29 is 33.4 Å². The van der Waals surface area contributed by atoms with Gasteiger partial charge < -0.3 is 24.8 Å². The number of aryl methyl sites for hydroxylation is 1. The van der Waals surface area contributed by atoms with E-state index in [1.54, 1.807) is 13.0 Å². The number of carbonyl (C=O) groups is 4. The summed E-state index contributed by atoms with van der Waals surface area (Å²) in [7, 11) is 2.37. The monoisotopic (exact) mass is 442 g/mol. The van der Waals surface area contributed by atoms with Crippen LogP contribution in [0.3, 0.4) is 0 Å². The van der Waals surface area contributed by atoms with Gasteiger partial charge in [-0.3, -0.25) is 9.59 Å². The topological polar surface area (TPSA) is 120 Å². The van der Waals surface area contributed by atoms with Crippen LogP contribution >= 0.6 is 0 Å². The van der Waals surface area contributed by atoms with Crippen molar-refractivity contribution in [1.82, 2.24) is 5.32 Å². The molecule has 2 aromatic carbocycles. The zero-order valence-electron chi connectivity index (χ0n) is 18.6. The van der Waals surface area contributed by atoms with Crippen molar-refractivity contribution >= 4 is 29.4 Å². The van der Waals surface area contributed by atoms with Gasteiger partial charge in [-0.25, -0.2) is 9.59 Å². The molecule has 2 amide bonds. The van der Waals surface area contributed by atoms with Crippen LogP contribution in [0.2, 0.25) is 0 Å². The first kappa shape index (κ1) is 24.4. The minimum Gasteiger partial charge on any atom is -0.494 e. The van der Waals surface area contributed by atoms with Gasteiger partial charge in [0.2, 0.25) is 0 Å². The van der Waals surface area contributed by atoms with Crippen LogP contribution in [0.4, 0.5) is 5.69 Å². The Labute approximate surface area is 186 Å². The standard InChI is InChI=1S/C23H26N2O7/c1-6-32-19-10-7-13(2)11-17(19)14(3)24-20(26)21(27)25-18-12-15(22(28)30-4)8-9-16(18)23(29)31-5/h7-12,14H,6H2,1-5H3,(H,24,26)(H,25,27). The average molecular weight is 442 g/mol. The zero-order chi connectivity index (χ0) is 23.8. The summed E-state index contributed by atoms with van der Waals surface area (Å²) >= 11 is 0. The molecule has 9 nitrogen and oxygen atoms in total. The maximum Gasteiger partial charge on any atom is 0.339 e. The maximum absolute atomic E-state index is 12.5. The SMILES string of the molecule is CCOc1ccc(C)cc1C(C)NC(=O)C(=O)Nc1cc(C(=O)OC)ccc1C(=O)OC. The summed E-state index contributed by atoms with van der Waals surface area (Å²) in [5, 5.41) is 4.98. The van der Waals surface area contributed by atoms with E-state index in [1.807, 2.05) is 26.0 Å². The summed E-state index contributed by atoms with van der Waals surface area (Å²) in [6.45, 7) is 5.93. The molecular formula is C23H26N2O7. The molecule has 0 fully saturated rings. The van der Waals surface area contributed by atoms with E-state index in [0.29, 0.717) is 12.4 Å². The van der Waals surface area contributed by atoms with Crippen molar-refractivity contribution in [1.29, 1.82) is 0 Å². The third-order valence-electron chi connectivity index (χ3n) is 4.58. The van der Waals surface area contributed by atoms with Crippen LogP contribution in [0, 0.1) is 6.92 Å². The number of amides is 2. The predicted molar refractivity (Wildman–Crippen MR) is 117 cm³/mol. The molecule has 2 aromatic rings. The summed E-state index contributed by atoms with van der Waals surface area (Å²) < 4.78 is 15.0. The number of nitrogens with one attached hydrogen (secondary N) is 2. The number of hydrogen-bond acceptors (Lipinski definition) is 7. The van der Waals surface area contributed by atoms with Crippen LogP contribution < -0.4 is 15.4 Å². The van der Waals surface area contributed by atoms with Crippen molar-refractivity contribution in [3.05, 3.63) is 58.7 Å². The highest BCUT2D eigenvalue weighted by atomic mass is 16.5. The fraction of sp³-hybridized carbons (Fsp3) is 0.304. The van der Waals surface area contributed by atoms with Gasteiger partial charge in [-0.2, -0.15) is 0 Å². The number of benzene rings is 2. The molecule has 1 unspecified atom stereocenters. The van der Waals surface area contributed by atoms with Gasteiger partial charge in [-0.1, -0.05) is 17.7 Å². The Balaban J connectivity index is 2.24. The van der Waals surface area contributed by atoms with Crippen LogP contribution in [-0.4, -0.2) is 44.6 Å². The molecular weight excluding hydrogens is 416 g/mol. The van der Waals surface area contributed by atoms with Crippen LogP contribution in [-0.2, 0) is 19.1 Å². The molecule has 32 heavy (non-hydrogen) atoms. The lowest BCUT2D eigenvalue weighted by Gasteiger charge is -2.19. The molecule has 0 aliphatic rings. The first-order valence-electron chi connectivity index (χ1n) is 9.87. The highest BCUT2D eigenvalue weighted by Crippen LogP contribution is 2.26. The molecule has 9 heteroatoms. The molecule has 0 aliphatic carbocycles. The zero-order valence-corrected chi connectivity index (χ0v) is 18.6. The smallest absolute Gasteiger partial charge is 0.339 e. The molecule has 2 N–H and O–H groups in total. The van der Waals surface area contributed by atoms with Gasteiger partial charge in [-0.15, -0.1) is 0 Å². The minimum absolute atomic E-state index is 0.0216. The van der Waals surface area contributed by atoms with Gasteiger partial charge in [0.15, 0.2) is 0 Å². The Bertz CT molecular complexity index is 1030. The Morgan fingerprint density at radius 3 is 2.25 bits per heavy atom. The molecule has 0 aromatic heterocycles. The molecule has 0 saturated heterocycles. The fourth-order valence-electron chi connectivity index (χ4n) is 2.99. The number of anilines is 1. The molecule has 1 atom stereocenters. The van der Waals surface area contributed by atoms with E-state index in [9.17, 15) is 19.2 Å². The number of hydrogen-bond donors (Lipinski definition) is 2. The minimum atomic E-state index is -1.02. The summed E-state index contributed by atoms with van der Waals surface area (Å²) in [6.07, 6.45) is 0. The normalized spacial score (nSPS) is 11.2. The first-order valence-corrected chi connectivity index (χ1v) is 9.87. The highest BCUT2D eigenvalue weighted by Gasteiger charge is 2.23. The number of rotatable bonds is 7. The third-order valence-corrected chi connectivity index (χ3v) is 4.58. The van der Waals surface area contributed by atoms with Crippen molar-refractivity contribution in [2.75, 3.05) is 26.1 Å². The maximum atomic E-state index is 12.5. The molecule has 2 rings (SSSR count). The lowest BCUT2D eigenvalue weighted by molar-refractivity contribution is -0.136. The van der Waals surface area contributed by atoms with Crippen LogP contribution in [0.5, 0.6) is 5.75 Å². The quantitative estimate of drug-likeness (QED) is 0.500. The molecule has 0 radical (unpaired) electrons. The fourth-order valence-corrected chi connectivity index (χ4v) is 2.99. The van der Waals surface area contributed by atoms with E-state index in [4.69, 9.17) is 9.47 Å². The lowest BCUT2D eigenvalue weighted by atomic mass is 10.0. The van der Waals surface area contributed by atoms with E-state index < -0.39 is 29.8 Å². The number of ether oxygens (including phenoxy) is 3.